The molecule has 0 atom stereocenters. The molecule has 4 aliphatic carbocycles. The van der Waals surface area contributed by atoms with Crippen LogP contribution in [0.25, 0.3) is 0 Å². The molecule has 0 saturated heterocycles. The number of rotatable bonds is 2. The van der Waals surface area contributed by atoms with Gasteiger partial charge in [-0.15, -0.1) is 0 Å². The fraction of sp³-hybridized carbons (Fsp3) is 0.588. The third-order valence-corrected chi connectivity index (χ3v) is 6.36. The van der Waals surface area contributed by atoms with Crippen LogP contribution in [0.5, 0.6) is 0 Å². The Morgan fingerprint density at radius 2 is 1.64 bits per heavy atom. The Morgan fingerprint density at radius 3 is 2.23 bits per heavy atom. The van der Waals surface area contributed by atoms with Crippen LogP contribution in [-0.2, 0) is 0 Å². The van der Waals surface area contributed by atoms with Crippen LogP contribution in [0.3, 0.4) is 0 Å². The van der Waals surface area contributed by atoms with Crippen molar-refractivity contribution in [2.45, 2.75) is 44.1 Å². The van der Waals surface area contributed by atoms with Gasteiger partial charge >= 0.3 is 0 Å². The standard InChI is InChI=1S/C17H20Cl2N2S/c18-13-1-2-14(19)15(6-13)20-16(22)21-17-7-10-3-11(8-17)5-12(4-10)9-17/h1-2,6,10-12H,3-5,7-9H2,(H2,20,21,22). The minimum absolute atomic E-state index is 0.212. The average molecular weight is 355 g/mol. The maximum Gasteiger partial charge on any atom is 0.171 e. The molecule has 4 bridgehead atoms. The molecule has 2 N–H and O–H groups in total. The maximum absolute atomic E-state index is 6.21. The molecular weight excluding hydrogens is 335 g/mol. The quantitative estimate of drug-likeness (QED) is 0.709. The topological polar surface area (TPSA) is 24.1 Å². The number of halogens is 2. The molecular formula is C17H20Cl2N2S. The van der Waals surface area contributed by atoms with Crippen molar-refractivity contribution >= 4 is 46.2 Å². The average Bonchev–Trinajstić information content (AvgIpc) is 2.40. The predicted molar refractivity (Wildman–Crippen MR) is 96.7 cm³/mol. The van der Waals surface area contributed by atoms with Gasteiger partial charge in [-0.3, -0.25) is 0 Å². The molecule has 118 valence electrons. The van der Waals surface area contributed by atoms with Crippen LogP contribution in [-0.4, -0.2) is 10.7 Å². The van der Waals surface area contributed by atoms with E-state index in [4.69, 9.17) is 35.4 Å². The van der Waals surface area contributed by atoms with E-state index >= 15 is 0 Å². The first-order chi connectivity index (χ1) is 10.5. The van der Waals surface area contributed by atoms with E-state index in [1.807, 2.05) is 6.07 Å². The fourth-order valence-electron chi connectivity index (χ4n) is 5.25. The molecule has 4 aliphatic rings. The number of nitrogens with one attached hydrogen (secondary N) is 2. The van der Waals surface area contributed by atoms with E-state index in [1.54, 1.807) is 12.1 Å². The first kappa shape index (κ1) is 15.0. The summed E-state index contributed by atoms with van der Waals surface area (Å²) < 4.78 is 0. The van der Waals surface area contributed by atoms with Crippen LogP contribution in [0.1, 0.15) is 38.5 Å². The first-order valence-electron chi connectivity index (χ1n) is 8.06. The molecule has 5 heteroatoms. The van der Waals surface area contributed by atoms with Crippen LogP contribution in [0.15, 0.2) is 18.2 Å². The van der Waals surface area contributed by atoms with Crippen molar-refractivity contribution < 1.29 is 0 Å². The van der Waals surface area contributed by atoms with E-state index in [0.717, 1.165) is 23.4 Å². The molecule has 0 amide bonds. The number of hydrogen-bond acceptors (Lipinski definition) is 1. The van der Waals surface area contributed by atoms with Gasteiger partial charge in [0.05, 0.1) is 10.7 Å². The Bertz CT molecular complexity index is 581. The van der Waals surface area contributed by atoms with Gasteiger partial charge in [-0.2, -0.15) is 0 Å². The highest BCUT2D eigenvalue weighted by Crippen LogP contribution is 2.55. The second kappa shape index (κ2) is 5.54. The Labute approximate surface area is 146 Å². The van der Waals surface area contributed by atoms with E-state index in [1.165, 1.54) is 38.5 Å². The maximum atomic E-state index is 6.21. The van der Waals surface area contributed by atoms with Crippen LogP contribution in [0, 0.1) is 17.8 Å². The zero-order valence-corrected chi connectivity index (χ0v) is 14.7. The lowest BCUT2D eigenvalue weighted by Crippen LogP contribution is -2.60. The van der Waals surface area contributed by atoms with E-state index < -0.39 is 0 Å². The van der Waals surface area contributed by atoms with Crippen molar-refractivity contribution in [2.75, 3.05) is 5.32 Å². The molecule has 0 radical (unpaired) electrons. The summed E-state index contributed by atoms with van der Waals surface area (Å²) in [5.41, 5.74) is 0.987. The Hall–Kier alpha value is -0.510. The number of benzene rings is 1. The van der Waals surface area contributed by atoms with Crippen molar-refractivity contribution in [3.63, 3.8) is 0 Å². The van der Waals surface area contributed by atoms with Gasteiger partial charge in [0.15, 0.2) is 5.11 Å². The molecule has 5 rings (SSSR count). The molecule has 22 heavy (non-hydrogen) atoms. The van der Waals surface area contributed by atoms with Crippen molar-refractivity contribution in [1.82, 2.24) is 5.32 Å². The fourth-order valence-corrected chi connectivity index (χ4v) is 5.91. The SMILES string of the molecule is S=C(Nc1cc(Cl)ccc1Cl)NC12CC3CC(CC(C3)C1)C2. The highest BCUT2D eigenvalue weighted by molar-refractivity contribution is 7.80. The molecule has 0 heterocycles. The van der Waals surface area contributed by atoms with E-state index in [0.29, 0.717) is 15.2 Å². The summed E-state index contributed by atoms with van der Waals surface area (Å²) in [6.07, 6.45) is 8.10. The summed E-state index contributed by atoms with van der Waals surface area (Å²) in [4.78, 5) is 0. The van der Waals surface area contributed by atoms with Gasteiger partial charge in [0.1, 0.15) is 0 Å². The zero-order valence-electron chi connectivity index (χ0n) is 12.4. The van der Waals surface area contributed by atoms with Gasteiger partial charge < -0.3 is 10.6 Å². The largest absolute Gasteiger partial charge is 0.357 e. The summed E-state index contributed by atoms with van der Waals surface area (Å²) in [6.45, 7) is 0. The second-order valence-electron chi connectivity index (χ2n) is 7.40. The van der Waals surface area contributed by atoms with Crippen molar-refractivity contribution in [2.24, 2.45) is 17.8 Å². The summed E-state index contributed by atoms with van der Waals surface area (Å²) >= 11 is 17.8. The molecule has 1 aromatic rings. The molecule has 4 saturated carbocycles. The Morgan fingerprint density at radius 1 is 1.05 bits per heavy atom. The summed E-state index contributed by atoms with van der Waals surface area (Å²) in [7, 11) is 0. The summed E-state index contributed by atoms with van der Waals surface area (Å²) in [5.74, 6) is 2.70. The van der Waals surface area contributed by atoms with Crippen molar-refractivity contribution in [1.29, 1.82) is 0 Å². The zero-order chi connectivity index (χ0) is 15.3. The normalized spacial score (nSPS) is 35.5. The number of anilines is 1. The van der Waals surface area contributed by atoms with Crippen LogP contribution in [0.4, 0.5) is 5.69 Å². The second-order valence-corrected chi connectivity index (χ2v) is 8.65. The predicted octanol–water partition coefficient (Wildman–Crippen LogP) is 5.25. The molecule has 0 aliphatic heterocycles. The van der Waals surface area contributed by atoms with Crippen molar-refractivity contribution in [3.05, 3.63) is 28.2 Å². The van der Waals surface area contributed by atoms with Gasteiger partial charge in [0, 0.05) is 10.6 Å². The number of hydrogen-bond donors (Lipinski definition) is 2. The molecule has 2 nitrogen and oxygen atoms in total. The molecule has 0 spiro atoms. The monoisotopic (exact) mass is 354 g/mol. The summed E-state index contributed by atoms with van der Waals surface area (Å²) in [6, 6.07) is 5.39. The smallest absolute Gasteiger partial charge is 0.171 e. The van der Waals surface area contributed by atoms with Crippen LogP contribution in [0.2, 0.25) is 10.0 Å². The highest BCUT2D eigenvalue weighted by Gasteiger charge is 2.51. The molecule has 0 unspecified atom stereocenters. The Balaban J connectivity index is 1.47. The summed E-state index contributed by atoms with van der Waals surface area (Å²) in [5, 5.41) is 8.84. The van der Waals surface area contributed by atoms with E-state index in [-0.39, 0.29) is 5.54 Å². The van der Waals surface area contributed by atoms with E-state index in [9.17, 15) is 0 Å². The van der Waals surface area contributed by atoms with Gasteiger partial charge in [0.25, 0.3) is 0 Å². The lowest BCUT2D eigenvalue weighted by atomic mass is 9.53. The highest BCUT2D eigenvalue weighted by atomic mass is 35.5. The lowest BCUT2D eigenvalue weighted by molar-refractivity contribution is -0.00972. The van der Waals surface area contributed by atoms with Gasteiger partial charge in [-0.25, -0.2) is 0 Å². The third-order valence-electron chi connectivity index (χ3n) is 5.59. The van der Waals surface area contributed by atoms with Crippen LogP contribution >= 0.6 is 35.4 Å². The van der Waals surface area contributed by atoms with Gasteiger partial charge in [0.2, 0.25) is 0 Å². The Kier molecular flexibility index (Phi) is 3.79. The van der Waals surface area contributed by atoms with Gasteiger partial charge in [-0.05, 0) is 86.7 Å². The van der Waals surface area contributed by atoms with Crippen molar-refractivity contribution in [3.8, 4) is 0 Å². The molecule has 4 fully saturated rings. The third kappa shape index (κ3) is 2.83. The lowest BCUT2D eigenvalue weighted by Gasteiger charge is -2.57. The minimum atomic E-state index is 0.212. The van der Waals surface area contributed by atoms with Crippen LogP contribution < -0.4 is 10.6 Å². The van der Waals surface area contributed by atoms with Gasteiger partial charge in [-0.1, -0.05) is 23.2 Å². The molecule has 1 aromatic carbocycles. The number of thiocarbonyl (C=S) groups is 1. The minimum Gasteiger partial charge on any atom is -0.357 e. The van der Waals surface area contributed by atoms with E-state index in [2.05, 4.69) is 10.6 Å². The first-order valence-corrected chi connectivity index (χ1v) is 9.22. The molecule has 0 aromatic heterocycles.